The summed E-state index contributed by atoms with van der Waals surface area (Å²) in [6.45, 7) is 11.0. The lowest BCUT2D eigenvalue weighted by molar-refractivity contribution is 0.00508. The number of nitrogens with one attached hydrogen (secondary N) is 1. The molecular formula is C18H35NO2. The lowest BCUT2D eigenvalue weighted by Crippen LogP contribution is -2.41. The van der Waals surface area contributed by atoms with Gasteiger partial charge in [0, 0.05) is 6.04 Å². The van der Waals surface area contributed by atoms with Crippen molar-refractivity contribution in [1.29, 1.82) is 0 Å². The molecule has 1 amide bonds. The molecule has 124 valence electrons. The van der Waals surface area contributed by atoms with E-state index in [1.165, 1.54) is 32.1 Å². The maximum absolute atomic E-state index is 12.1. The molecule has 1 fully saturated rings. The van der Waals surface area contributed by atoms with Crippen molar-refractivity contribution in [2.45, 2.75) is 91.7 Å². The Balaban J connectivity index is 2.40. The molecular weight excluding hydrogens is 262 g/mol. The number of rotatable bonds is 7. The fourth-order valence-electron chi connectivity index (χ4n) is 3.40. The third-order valence-electron chi connectivity index (χ3n) is 4.82. The molecule has 4 atom stereocenters. The van der Waals surface area contributed by atoms with Crippen LogP contribution in [-0.2, 0) is 4.74 Å². The SMILES string of the molecule is CCCCCC(C)NC(=O)OC1CC(C)CCC1C(C)C. The number of carbonyl (C=O) groups excluding carboxylic acids is 1. The number of ether oxygens (including phenoxy) is 1. The largest absolute Gasteiger partial charge is 0.446 e. The van der Waals surface area contributed by atoms with Gasteiger partial charge in [-0.25, -0.2) is 4.79 Å². The lowest BCUT2D eigenvalue weighted by Gasteiger charge is -2.36. The summed E-state index contributed by atoms with van der Waals surface area (Å²) < 4.78 is 5.76. The zero-order valence-electron chi connectivity index (χ0n) is 14.7. The molecule has 1 aliphatic rings. The standard InChI is InChI=1S/C18H35NO2/c1-6-7-8-9-15(5)19-18(20)21-17-12-14(4)10-11-16(17)13(2)3/h13-17H,6-12H2,1-5H3,(H,19,20). The summed E-state index contributed by atoms with van der Waals surface area (Å²) in [6.07, 6.45) is 8.00. The fourth-order valence-corrected chi connectivity index (χ4v) is 3.40. The lowest BCUT2D eigenvalue weighted by atomic mass is 9.75. The van der Waals surface area contributed by atoms with Crippen LogP contribution in [0.25, 0.3) is 0 Å². The van der Waals surface area contributed by atoms with E-state index >= 15 is 0 Å². The summed E-state index contributed by atoms with van der Waals surface area (Å²) in [6, 6.07) is 0.211. The summed E-state index contributed by atoms with van der Waals surface area (Å²) in [7, 11) is 0. The van der Waals surface area contributed by atoms with E-state index in [1.807, 2.05) is 0 Å². The second-order valence-electron chi connectivity index (χ2n) is 7.31. The molecule has 3 nitrogen and oxygen atoms in total. The van der Waals surface area contributed by atoms with Crippen molar-refractivity contribution in [1.82, 2.24) is 5.32 Å². The molecule has 0 aromatic heterocycles. The zero-order chi connectivity index (χ0) is 15.8. The fraction of sp³-hybridized carbons (Fsp3) is 0.944. The summed E-state index contributed by atoms with van der Waals surface area (Å²) in [5.74, 6) is 1.76. The van der Waals surface area contributed by atoms with Crippen LogP contribution in [0, 0.1) is 17.8 Å². The van der Waals surface area contributed by atoms with E-state index in [0.717, 1.165) is 12.8 Å². The maximum atomic E-state index is 12.1. The topological polar surface area (TPSA) is 38.3 Å². The molecule has 4 unspecified atom stereocenters. The molecule has 0 spiro atoms. The number of carbonyl (C=O) groups is 1. The van der Waals surface area contributed by atoms with Crippen molar-refractivity contribution in [3.63, 3.8) is 0 Å². The highest BCUT2D eigenvalue weighted by Gasteiger charge is 2.33. The Bertz CT molecular complexity index is 304. The second kappa shape index (κ2) is 9.32. The van der Waals surface area contributed by atoms with E-state index in [0.29, 0.717) is 17.8 Å². The Labute approximate surface area is 131 Å². The van der Waals surface area contributed by atoms with Gasteiger partial charge in [0.05, 0.1) is 0 Å². The number of hydrogen-bond donors (Lipinski definition) is 1. The molecule has 0 radical (unpaired) electrons. The Morgan fingerprint density at radius 3 is 2.57 bits per heavy atom. The molecule has 0 saturated heterocycles. The third-order valence-corrected chi connectivity index (χ3v) is 4.82. The van der Waals surface area contributed by atoms with Gasteiger partial charge in [-0.15, -0.1) is 0 Å². The highest BCUT2D eigenvalue weighted by atomic mass is 16.6. The summed E-state index contributed by atoms with van der Waals surface area (Å²) in [4.78, 5) is 12.1. The van der Waals surface area contributed by atoms with Crippen molar-refractivity contribution >= 4 is 6.09 Å². The number of hydrogen-bond acceptors (Lipinski definition) is 2. The summed E-state index contributed by atoms with van der Waals surface area (Å²) in [5.41, 5.74) is 0. The van der Waals surface area contributed by atoms with E-state index in [4.69, 9.17) is 4.74 Å². The van der Waals surface area contributed by atoms with Gasteiger partial charge in [-0.1, -0.05) is 53.4 Å². The smallest absolute Gasteiger partial charge is 0.407 e. The van der Waals surface area contributed by atoms with Gasteiger partial charge in [0.2, 0.25) is 0 Å². The monoisotopic (exact) mass is 297 g/mol. The Morgan fingerprint density at radius 2 is 1.95 bits per heavy atom. The van der Waals surface area contributed by atoms with Crippen LogP contribution in [0.3, 0.4) is 0 Å². The van der Waals surface area contributed by atoms with Crippen LogP contribution in [0.4, 0.5) is 4.79 Å². The van der Waals surface area contributed by atoms with E-state index < -0.39 is 0 Å². The van der Waals surface area contributed by atoms with E-state index in [9.17, 15) is 4.79 Å². The number of unbranched alkanes of at least 4 members (excludes halogenated alkanes) is 2. The van der Waals surface area contributed by atoms with Gasteiger partial charge in [0.25, 0.3) is 0 Å². The summed E-state index contributed by atoms with van der Waals surface area (Å²) in [5, 5.41) is 3.00. The normalized spacial score (nSPS) is 27.4. The minimum atomic E-state index is -0.219. The first-order valence-electron chi connectivity index (χ1n) is 8.91. The van der Waals surface area contributed by atoms with Gasteiger partial charge in [-0.3, -0.25) is 0 Å². The van der Waals surface area contributed by atoms with Crippen LogP contribution in [0.15, 0.2) is 0 Å². The second-order valence-corrected chi connectivity index (χ2v) is 7.31. The predicted molar refractivity (Wildman–Crippen MR) is 88.4 cm³/mol. The minimum absolute atomic E-state index is 0.0941. The molecule has 1 rings (SSSR count). The van der Waals surface area contributed by atoms with Gasteiger partial charge in [0.1, 0.15) is 6.10 Å². The van der Waals surface area contributed by atoms with Crippen LogP contribution in [0.2, 0.25) is 0 Å². The molecule has 3 heteroatoms. The van der Waals surface area contributed by atoms with Gasteiger partial charge in [-0.05, 0) is 43.9 Å². The average Bonchev–Trinajstić information content (AvgIpc) is 2.38. The summed E-state index contributed by atoms with van der Waals surface area (Å²) >= 11 is 0. The Kier molecular flexibility index (Phi) is 8.13. The van der Waals surface area contributed by atoms with Crippen LogP contribution < -0.4 is 5.32 Å². The first-order chi connectivity index (χ1) is 9.93. The van der Waals surface area contributed by atoms with Crippen molar-refractivity contribution in [2.75, 3.05) is 0 Å². The van der Waals surface area contributed by atoms with Crippen LogP contribution in [0.1, 0.15) is 79.6 Å². The van der Waals surface area contributed by atoms with Crippen molar-refractivity contribution in [3.05, 3.63) is 0 Å². The molecule has 1 aliphatic carbocycles. The molecule has 21 heavy (non-hydrogen) atoms. The van der Waals surface area contributed by atoms with Gasteiger partial charge < -0.3 is 10.1 Å². The quantitative estimate of drug-likeness (QED) is 0.661. The Morgan fingerprint density at radius 1 is 1.24 bits per heavy atom. The predicted octanol–water partition coefficient (Wildman–Crippen LogP) is 5.14. The van der Waals surface area contributed by atoms with Crippen molar-refractivity contribution < 1.29 is 9.53 Å². The van der Waals surface area contributed by atoms with E-state index in [2.05, 4.69) is 39.9 Å². The third kappa shape index (κ3) is 6.71. The molecule has 0 aliphatic heterocycles. The van der Waals surface area contributed by atoms with Crippen LogP contribution >= 0.6 is 0 Å². The highest BCUT2D eigenvalue weighted by molar-refractivity contribution is 5.67. The average molecular weight is 297 g/mol. The molecule has 1 N–H and O–H groups in total. The van der Waals surface area contributed by atoms with E-state index in [1.54, 1.807) is 0 Å². The molecule has 1 saturated carbocycles. The van der Waals surface area contributed by atoms with Crippen molar-refractivity contribution in [2.24, 2.45) is 17.8 Å². The van der Waals surface area contributed by atoms with Crippen LogP contribution in [-0.4, -0.2) is 18.2 Å². The highest BCUT2D eigenvalue weighted by Crippen LogP contribution is 2.35. The first kappa shape index (κ1) is 18.3. The molecule has 0 aromatic rings. The van der Waals surface area contributed by atoms with Crippen LogP contribution in [0.5, 0.6) is 0 Å². The molecule has 0 bridgehead atoms. The van der Waals surface area contributed by atoms with Gasteiger partial charge in [0.15, 0.2) is 0 Å². The van der Waals surface area contributed by atoms with E-state index in [-0.39, 0.29) is 18.2 Å². The number of amides is 1. The molecule has 0 heterocycles. The van der Waals surface area contributed by atoms with Gasteiger partial charge in [-0.2, -0.15) is 0 Å². The van der Waals surface area contributed by atoms with Gasteiger partial charge >= 0.3 is 6.09 Å². The zero-order valence-corrected chi connectivity index (χ0v) is 14.7. The first-order valence-corrected chi connectivity index (χ1v) is 8.91. The molecule has 0 aromatic carbocycles. The van der Waals surface area contributed by atoms with Crippen molar-refractivity contribution in [3.8, 4) is 0 Å². The minimum Gasteiger partial charge on any atom is -0.446 e. The maximum Gasteiger partial charge on any atom is 0.407 e. The Hall–Kier alpha value is -0.730. The number of alkyl carbamates (subject to hydrolysis) is 1.